The molecule has 0 radical (unpaired) electrons. The number of anilines is 1. The van der Waals surface area contributed by atoms with Gasteiger partial charge in [-0.1, -0.05) is 11.8 Å². The molecule has 2 N–H and O–H groups in total. The molecule has 0 amide bonds. The van der Waals surface area contributed by atoms with Crippen LogP contribution in [0.1, 0.15) is 5.69 Å². The van der Waals surface area contributed by atoms with E-state index in [0.29, 0.717) is 0 Å². The van der Waals surface area contributed by atoms with Crippen LogP contribution in [0.5, 0.6) is 0 Å². The average Bonchev–Trinajstić information content (AvgIpc) is 2.22. The standard InChI is InChI=1S/C12H12N2S/c1-9-8-12(6-7-14-9)15-11-4-2-10(13)3-5-11/h2-8H,13H2,1H3. The molecule has 1 aromatic carbocycles. The summed E-state index contributed by atoms with van der Waals surface area (Å²) in [4.78, 5) is 6.55. The van der Waals surface area contributed by atoms with Crippen LogP contribution in [0.4, 0.5) is 5.69 Å². The summed E-state index contributed by atoms with van der Waals surface area (Å²) in [5.74, 6) is 0. The highest BCUT2D eigenvalue weighted by Gasteiger charge is 1.97. The van der Waals surface area contributed by atoms with Gasteiger partial charge in [-0.3, -0.25) is 4.98 Å². The molecule has 0 atom stereocenters. The number of nitrogen functional groups attached to an aromatic ring is 1. The quantitative estimate of drug-likeness (QED) is 0.784. The van der Waals surface area contributed by atoms with E-state index in [0.717, 1.165) is 11.4 Å². The average molecular weight is 216 g/mol. The molecule has 2 nitrogen and oxygen atoms in total. The molecule has 2 rings (SSSR count). The Morgan fingerprint density at radius 2 is 1.80 bits per heavy atom. The van der Waals surface area contributed by atoms with Crippen molar-refractivity contribution < 1.29 is 0 Å². The third-order valence-corrected chi connectivity index (χ3v) is 2.98. The molecule has 15 heavy (non-hydrogen) atoms. The highest BCUT2D eigenvalue weighted by Crippen LogP contribution is 2.27. The van der Waals surface area contributed by atoms with Crippen LogP contribution in [0.2, 0.25) is 0 Å². The molecule has 0 bridgehead atoms. The van der Waals surface area contributed by atoms with Crippen LogP contribution in [-0.2, 0) is 0 Å². The summed E-state index contributed by atoms with van der Waals surface area (Å²) < 4.78 is 0. The van der Waals surface area contributed by atoms with Crippen LogP contribution in [0.25, 0.3) is 0 Å². The minimum absolute atomic E-state index is 0.797. The fourth-order valence-electron chi connectivity index (χ4n) is 1.25. The first kappa shape index (κ1) is 10.1. The lowest BCUT2D eigenvalue weighted by atomic mass is 10.3. The molecule has 3 heteroatoms. The molecule has 0 saturated carbocycles. The van der Waals surface area contributed by atoms with Gasteiger partial charge in [-0.2, -0.15) is 0 Å². The number of aromatic nitrogens is 1. The van der Waals surface area contributed by atoms with Gasteiger partial charge in [0.1, 0.15) is 0 Å². The number of aryl methyl sites for hydroxylation is 1. The van der Waals surface area contributed by atoms with Crippen molar-refractivity contribution >= 4 is 17.4 Å². The van der Waals surface area contributed by atoms with E-state index >= 15 is 0 Å². The molecular weight excluding hydrogens is 204 g/mol. The number of nitrogens with zero attached hydrogens (tertiary/aromatic N) is 1. The molecule has 2 aromatic rings. The van der Waals surface area contributed by atoms with Crippen LogP contribution in [0.15, 0.2) is 52.4 Å². The highest BCUT2D eigenvalue weighted by molar-refractivity contribution is 7.99. The Morgan fingerprint density at radius 1 is 1.07 bits per heavy atom. The molecular formula is C12H12N2S. The lowest BCUT2D eigenvalue weighted by Gasteiger charge is -2.02. The maximum Gasteiger partial charge on any atom is 0.0383 e. The lowest BCUT2D eigenvalue weighted by molar-refractivity contribution is 1.16. The van der Waals surface area contributed by atoms with Gasteiger partial charge in [0.2, 0.25) is 0 Å². The molecule has 0 spiro atoms. The smallest absolute Gasteiger partial charge is 0.0383 e. The van der Waals surface area contributed by atoms with Gasteiger partial charge in [0.15, 0.2) is 0 Å². The first-order valence-corrected chi connectivity index (χ1v) is 5.52. The second kappa shape index (κ2) is 4.36. The van der Waals surface area contributed by atoms with E-state index in [2.05, 4.69) is 11.1 Å². The van der Waals surface area contributed by atoms with E-state index in [4.69, 9.17) is 5.73 Å². The van der Waals surface area contributed by atoms with Crippen LogP contribution in [0, 0.1) is 6.92 Å². The van der Waals surface area contributed by atoms with Crippen molar-refractivity contribution in [3.05, 3.63) is 48.3 Å². The summed E-state index contributed by atoms with van der Waals surface area (Å²) in [6.45, 7) is 1.99. The second-order valence-corrected chi connectivity index (χ2v) is 4.45. The monoisotopic (exact) mass is 216 g/mol. The summed E-state index contributed by atoms with van der Waals surface area (Å²) in [6, 6.07) is 12.0. The fourth-order valence-corrected chi connectivity index (χ4v) is 2.16. The molecule has 0 fully saturated rings. The zero-order valence-electron chi connectivity index (χ0n) is 8.47. The van der Waals surface area contributed by atoms with Gasteiger partial charge < -0.3 is 5.73 Å². The molecule has 0 saturated heterocycles. The fraction of sp³-hybridized carbons (Fsp3) is 0.0833. The highest BCUT2D eigenvalue weighted by atomic mass is 32.2. The van der Waals surface area contributed by atoms with E-state index in [1.807, 2.05) is 43.5 Å². The van der Waals surface area contributed by atoms with Gasteiger partial charge in [-0.25, -0.2) is 0 Å². The molecule has 1 heterocycles. The van der Waals surface area contributed by atoms with Gasteiger partial charge in [0.25, 0.3) is 0 Å². The Morgan fingerprint density at radius 3 is 2.47 bits per heavy atom. The van der Waals surface area contributed by atoms with E-state index in [1.165, 1.54) is 9.79 Å². The number of hydrogen-bond donors (Lipinski definition) is 1. The molecule has 76 valence electrons. The first-order valence-electron chi connectivity index (χ1n) is 4.70. The van der Waals surface area contributed by atoms with Crippen molar-refractivity contribution in [1.82, 2.24) is 4.98 Å². The predicted octanol–water partition coefficient (Wildman–Crippen LogP) is 3.12. The number of rotatable bonds is 2. The Hall–Kier alpha value is -1.48. The van der Waals surface area contributed by atoms with E-state index in [1.54, 1.807) is 11.8 Å². The van der Waals surface area contributed by atoms with Gasteiger partial charge >= 0.3 is 0 Å². The number of pyridine rings is 1. The summed E-state index contributed by atoms with van der Waals surface area (Å²) in [5.41, 5.74) is 7.46. The molecule has 0 aliphatic carbocycles. The predicted molar refractivity (Wildman–Crippen MR) is 64.0 cm³/mol. The van der Waals surface area contributed by atoms with Crippen molar-refractivity contribution in [3.63, 3.8) is 0 Å². The van der Waals surface area contributed by atoms with Crippen LogP contribution < -0.4 is 5.73 Å². The maximum atomic E-state index is 5.62. The van der Waals surface area contributed by atoms with Crippen LogP contribution in [0.3, 0.4) is 0 Å². The lowest BCUT2D eigenvalue weighted by Crippen LogP contribution is -1.83. The molecule has 0 unspecified atom stereocenters. The topological polar surface area (TPSA) is 38.9 Å². The van der Waals surface area contributed by atoms with E-state index in [-0.39, 0.29) is 0 Å². The summed E-state index contributed by atoms with van der Waals surface area (Å²) >= 11 is 1.71. The molecule has 0 aliphatic rings. The van der Waals surface area contributed by atoms with Crippen LogP contribution >= 0.6 is 11.8 Å². The largest absolute Gasteiger partial charge is 0.399 e. The number of benzene rings is 1. The Kier molecular flexibility index (Phi) is 2.92. The third kappa shape index (κ3) is 2.73. The second-order valence-electron chi connectivity index (χ2n) is 3.30. The molecule has 1 aromatic heterocycles. The first-order chi connectivity index (χ1) is 7.24. The van der Waals surface area contributed by atoms with Gasteiger partial charge in [0.05, 0.1) is 0 Å². The Bertz CT molecular complexity index is 451. The zero-order valence-corrected chi connectivity index (χ0v) is 9.29. The van der Waals surface area contributed by atoms with Crippen molar-refractivity contribution in [3.8, 4) is 0 Å². The minimum Gasteiger partial charge on any atom is -0.399 e. The Balaban J connectivity index is 2.18. The maximum absolute atomic E-state index is 5.62. The normalized spacial score (nSPS) is 10.2. The zero-order chi connectivity index (χ0) is 10.7. The molecule has 0 aliphatic heterocycles. The van der Waals surface area contributed by atoms with Crippen molar-refractivity contribution in [2.24, 2.45) is 0 Å². The Labute approximate surface area is 93.5 Å². The van der Waals surface area contributed by atoms with E-state index in [9.17, 15) is 0 Å². The van der Waals surface area contributed by atoms with Crippen molar-refractivity contribution in [1.29, 1.82) is 0 Å². The number of hydrogen-bond acceptors (Lipinski definition) is 3. The van der Waals surface area contributed by atoms with Crippen molar-refractivity contribution in [2.45, 2.75) is 16.7 Å². The SMILES string of the molecule is Cc1cc(Sc2ccc(N)cc2)ccn1. The van der Waals surface area contributed by atoms with Gasteiger partial charge in [-0.05, 0) is 43.3 Å². The van der Waals surface area contributed by atoms with E-state index < -0.39 is 0 Å². The summed E-state index contributed by atoms with van der Waals surface area (Å²) in [6.07, 6.45) is 1.83. The van der Waals surface area contributed by atoms with Gasteiger partial charge in [-0.15, -0.1) is 0 Å². The van der Waals surface area contributed by atoms with Gasteiger partial charge in [0, 0.05) is 27.4 Å². The van der Waals surface area contributed by atoms with Crippen molar-refractivity contribution in [2.75, 3.05) is 5.73 Å². The van der Waals surface area contributed by atoms with Crippen LogP contribution in [-0.4, -0.2) is 4.98 Å². The minimum atomic E-state index is 0.797. The summed E-state index contributed by atoms with van der Waals surface area (Å²) in [5, 5.41) is 0. The number of nitrogens with two attached hydrogens (primary N) is 1. The summed E-state index contributed by atoms with van der Waals surface area (Å²) in [7, 11) is 0. The third-order valence-electron chi connectivity index (χ3n) is 1.98.